The van der Waals surface area contributed by atoms with Gasteiger partial charge in [0.15, 0.2) is 0 Å². The maximum Gasteiger partial charge on any atom is 0.288 e. The lowest BCUT2D eigenvalue weighted by Gasteiger charge is -2.01. The van der Waals surface area contributed by atoms with Gasteiger partial charge in [-0.25, -0.2) is 0 Å². The van der Waals surface area contributed by atoms with Crippen LogP contribution in [0.2, 0.25) is 5.02 Å². The van der Waals surface area contributed by atoms with Crippen molar-refractivity contribution >= 4 is 40.8 Å². The molecule has 2 aromatic carbocycles. The Balaban J connectivity index is 2.16. The van der Waals surface area contributed by atoms with Crippen LogP contribution < -0.4 is 5.32 Å². The van der Waals surface area contributed by atoms with Crippen LogP contribution in [0.15, 0.2) is 47.5 Å². The number of halogens is 1. The summed E-state index contributed by atoms with van der Waals surface area (Å²) in [7, 11) is 0. The van der Waals surface area contributed by atoms with Crippen molar-refractivity contribution in [2.75, 3.05) is 5.32 Å². The van der Waals surface area contributed by atoms with Gasteiger partial charge in [-0.3, -0.25) is 19.9 Å². The van der Waals surface area contributed by atoms with Gasteiger partial charge in [0.25, 0.3) is 5.69 Å². The first-order chi connectivity index (χ1) is 10.5. The highest BCUT2D eigenvalue weighted by Gasteiger charge is 2.11. The molecule has 0 aliphatic carbocycles. The van der Waals surface area contributed by atoms with Gasteiger partial charge in [0.2, 0.25) is 5.91 Å². The summed E-state index contributed by atoms with van der Waals surface area (Å²) >= 11 is 5.75. The van der Waals surface area contributed by atoms with Gasteiger partial charge in [0.05, 0.1) is 10.6 Å². The molecule has 0 unspecified atom stereocenters. The molecule has 1 N–H and O–H groups in total. The minimum atomic E-state index is -0.540. The number of amides is 1. The molecule has 0 atom stereocenters. The standard InChI is InChI=1S/C15H12ClN3O3/c1-10(20)18-13-5-3-12(4-6-13)17-9-11-2-7-14(16)15(8-11)19(21)22/h2-9H,1H3,(H,18,20). The number of nitrogens with zero attached hydrogens (tertiary/aromatic N) is 2. The fourth-order valence-corrected chi connectivity index (χ4v) is 1.92. The fourth-order valence-electron chi connectivity index (χ4n) is 1.73. The fraction of sp³-hybridized carbons (Fsp3) is 0.0667. The molecule has 0 radical (unpaired) electrons. The summed E-state index contributed by atoms with van der Waals surface area (Å²) in [4.78, 5) is 25.4. The topological polar surface area (TPSA) is 84.6 Å². The lowest BCUT2D eigenvalue weighted by molar-refractivity contribution is -0.384. The van der Waals surface area contributed by atoms with Crippen LogP contribution in [-0.4, -0.2) is 17.0 Å². The molecule has 22 heavy (non-hydrogen) atoms. The molecule has 6 nitrogen and oxygen atoms in total. The van der Waals surface area contributed by atoms with Gasteiger partial charge in [0.1, 0.15) is 5.02 Å². The van der Waals surface area contributed by atoms with Gasteiger partial charge in [-0.1, -0.05) is 17.7 Å². The Bertz CT molecular complexity index is 742. The lowest BCUT2D eigenvalue weighted by atomic mass is 10.2. The molecule has 0 saturated heterocycles. The highest BCUT2D eigenvalue weighted by molar-refractivity contribution is 6.32. The lowest BCUT2D eigenvalue weighted by Crippen LogP contribution is -2.04. The van der Waals surface area contributed by atoms with Gasteiger partial charge in [-0.2, -0.15) is 0 Å². The van der Waals surface area contributed by atoms with Crippen molar-refractivity contribution in [1.29, 1.82) is 0 Å². The van der Waals surface area contributed by atoms with Crippen LogP contribution in [0.25, 0.3) is 0 Å². The second-order valence-corrected chi connectivity index (χ2v) is 4.86. The van der Waals surface area contributed by atoms with Crippen molar-refractivity contribution in [3.8, 4) is 0 Å². The summed E-state index contributed by atoms with van der Waals surface area (Å²) in [5.74, 6) is -0.148. The Morgan fingerprint density at radius 3 is 2.55 bits per heavy atom. The number of hydrogen-bond donors (Lipinski definition) is 1. The van der Waals surface area contributed by atoms with E-state index in [-0.39, 0.29) is 16.6 Å². The van der Waals surface area contributed by atoms with E-state index in [1.54, 1.807) is 30.3 Å². The maximum absolute atomic E-state index is 10.9. The van der Waals surface area contributed by atoms with Crippen LogP contribution in [0.5, 0.6) is 0 Å². The van der Waals surface area contributed by atoms with Crippen LogP contribution in [-0.2, 0) is 4.79 Å². The highest BCUT2D eigenvalue weighted by Crippen LogP contribution is 2.25. The summed E-state index contributed by atoms with van der Waals surface area (Å²) in [5.41, 5.74) is 1.74. The van der Waals surface area contributed by atoms with Crippen molar-refractivity contribution in [3.05, 3.63) is 63.2 Å². The number of anilines is 1. The van der Waals surface area contributed by atoms with Crippen molar-refractivity contribution in [2.45, 2.75) is 6.92 Å². The first kappa shape index (κ1) is 15.7. The molecule has 0 aliphatic rings. The number of benzene rings is 2. The Morgan fingerprint density at radius 1 is 1.27 bits per heavy atom. The van der Waals surface area contributed by atoms with E-state index in [4.69, 9.17) is 11.6 Å². The van der Waals surface area contributed by atoms with Crippen molar-refractivity contribution in [3.63, 3.8) is 0 Å². The number of nitrogens with one attached hydrogen (secondary N) is 1. The average Bonchev–Trinajstić information content (AvgIpc) is 2.47. The summed E-state index contributed by atoms with van der Waals surface area (Å²) in [6, 6.07) is 11.4. The van der Waals surface area contributed by atoms with Crippen LogP contribution in [0.1, 0.15) is 12.5 Å². The van der Waals surface area contributed by atoms with Gasteiger partial charge in [-0.05, 0) is 35.9 Å². The van der Waals surface area contributed by atoms with E-state index >= 15 is 0 Å². The zero-order valence-corrected chi connectivity index (χ0v) is 12.4. The third-order valence-electron chi connectivity index (χ3n) is 2.72. The van der Waals surface area contributed by atoms with E-state index in [1.807, 2.05) is 0 Å². The Morgan fingerprint density at radius 2 is 1.95 bits per heavy atom. The van der Waals surface area contributed by atoms with Crippen LogP contribution in [0.4, 0.5) is 17.1 Å². The van der Waals surface area contributed by atoms with Crippen LogP contribution in [0, 0.1) is 10.1 Å². The van der Waals surface area contributed by atoms with Gasteiger partial charge in [0, 0.05) is 24.9 Å². The number of carbonyl (C=O) groups is 1. The van der Waals surface area contributed by atoms with E-state index in [1.165, 1.54) is 25.3 Å². The molecule has 0 heterocycles. The number of hydrogen-bond acceptors (Lipinski definition) is 4. The number of nitro benzene ring substituents is 1. The van der Waals surface area contributed by atoms with Gasteiger partial charge in [-0.15, -0.1) is 0 Å². The molecule has 1 amide bonds. The quantitative estimate of drug-likeness (QED) is 0.526. The Hall–Kier alpha value is -2.73. The molecule has 2 rings (SSSR count). The molecule has 0 saturated carbocycles. The summed E-state index contributed by atoms with van der Waals surface area (Å²) in [6.07, 6.45) is 1.51. The Kier molecular flexibility index (Phi) is 4.85. The van der Waals surface area contributed by atoms with E-state index in [9.17, 15) is 14.9 Å². The molecule has 2 aromatic rings. The largest absolute Gasteiger partial charge is 0.326 e. The van der Waals surface area contributed by atoms with Crippen molar-refractivity contribution in [1.82, 2.24) is 0 Å². The predicted octanol–water partition coefficient (Wildman–Crippen LogP) is 3.96. The second kappa shape index (κ2) is 6.82. The minimum absolute atomic E-state index is 0.0850. The summed E-state index contributed by atoms with van der Waals surface area (Å²) in [5, 5.41) is 13.6. The number of rotatable bonds is 4. The summed E-state index contributed by atoms with van der Waals surface area (Å²) < 4.78 is 0. The molecule has 0 aliphatic heterocycles. The molecule has 0 spiro atoms. The molecule has 0 fully saturated rings. The monoisotopic (exact) mass is 317 g/mol. The molecule has 112 valence electrons. The molecular weight excluding hydrogens is 306 g/mol. The number of carbonyl (C=O) groups excluding carboxylic acids is 1. The molecule has 0 bridgehead atoms. The average molecular weight is 318 g/mol. The van der Waals surface area contributed by atoms with E-state index in [0.717, 1.165) is 0 Å². The molecule has 0 aromatic heterocycles. The smallest absolute Gasteiger partial charge is 0.288 e. The van der Waals surface area contributed by atoms with Crippen molar-refractivity contribution < 1.29 is 9.72 Å². The number of aliphatic imine (C=N–C) groups is 1. The van der Waals surface area contributed by atoms with Gasteiger partial charge >= 0.3 is 0 Å². The van der Waals surface area contributed by atoms with E-state index < -0.39 is 4.92 Å². The van der Waals surface area contributed by atoms with Gasteiger partial charge < -0.3 is 5.32 Å². The molecular formula is C15H12ClN3O3. The van der Waals surface area contributed by atoms with Crippen LogP contribution >= 0.6 is 11.6 Å². The SMILES string of the molecule is CC(=O)Nc1ccc(N=Cc2ccc(Cl)c([N+](=O)[O-])c2)cc1. The number of nitro groups is 1. The third kappa shape index (κ3) is 4.13. The van der Waals surface area contributed by atoms with E-state index in [0.29, 0.717) is 16.9 Å². The first-order valence-corrected chi connectivity index (χ1v) is 6.69. The van der Waals surface area contributed by atoms with Crippen molar-refractivity contribution in [2.24, 2.45) is 4.99 Å². The minimum Gasteiger partial charge on any atom is -0.326 e. The zero-order valence-electron chi connectivity index (χ0n) is 11.6. The summed E-state index contributed by atoms with van der Waals surface area (Å²) in [6.45, 7) is 1.43. The highest BCUT2D eigenvalue weighted by atomic mass is 35.5. The first-order valence-electron chi connectivity index (χ1n) is 6.31. The predicted molar refractivity (Wildman–Crippen MR) is 86.1 cm³/mol. The zero-order chi connectivity index (χ0) is 16.1. The second-order valence-electron chi connectivity index (χ2n) is 4.45. The Labute approximate surface area is 131 Å². The van der Waals surface area contributed by atoms with E-state index in [2.05, 4.69) is 10.3 Å². The van der Waals surface area contributed by atoms with Crippen LogP contribution in [0.3, 0.4) is 0 Å². The third-order valence-corrected chi connectivity index (χ3v) is 3.04. The normalized spacial score (nSPS) is 10.6. The maximum atomic E-state index is 10.9. The molecule has 7 heteroatoms.